The van der Waals surface area contributed by atoms with Gasteiger partial charge in [0.1, 0.15) is 11.6 Å². The molecule has 0 bridgehead atoms. The van der Waals surface area contributed by atoms with Crippen molar-refractivity contribution in [1.82, 2.24) is 24.8 Å². The Balaban J connectivity index is 1.73. The van der Waals surface area contributed by atoms with Gasteiger partial charge in [-0.3, -0.25) is 4.72 Å². The number of aromatic amines is 1. The molecule has 4 N–H and O–H groups in total. The minimum Gasteiger partial charge on any atom is -0.465 e. The van der Waals surface area contributed by atoms with Gasteiger partial charge in [-0.05, 0) is 38.0 Å². The van der Waals surface area contributed by atoms with Crippen molar-refractivity contribution >= 4 is 39.4 Å². The highest BCUT2D eigenvalue weighted by Gasteiger charge is 2.30. The number of nitrogens with one attached hydrogen (secondary N) is 3. The number of benzene rings is 1. The van der Waals surface area contributed by atoms with Crippen molar-refractivity contribution in [3.8, 4) is 22.6 Å². The Labute approximate surface area is 212 Å². The predicted octanol–water partition coefficient (Wildman–Crippen LogP) is 3.99. The average molecular weight is 538 g/mol. The zero-order valence-electron chi connectivity index (χ0n) is 19.7. The third-order valence-corrected chi connectivity index (χ3v) is 6.70. The molecule has 1 saturated carbocycles. The topological polar surface area (TPSA) is 153 Å². The Kier molecular flexibility index (Phi) is 7.05. The number of nitrogens with zero attached hydrogens (tertiary/aromatic N) is 4. The highest BCUT2D eigenvalue weighted by atomic mass is 35.5. The van der Waals surface area contributed by atoms with Crippen LogP contribution in [0.5, 0.6) is 0 Å². The van der Waals surface area contributed by atoms with Gasteiger partial charge in [0.25, 0.3) is 0 Å². The normalized spacial score (nSPS) is 14.4. The second-order valence-corrected chi connectivity index (χ2v) is 10.8. The molecule has 0 aliphatic heterocycles. The molecule has 2 heterocycles. The molecule has 11 nitrogen and oxygen atoms in total. The molecule has 0 radical (unpaired) electrons. The fourth-order valence-corrected chi connectivity index (χ4v) is 4.37. The van der Waals surface area contributed by atoms with E-state index >= 15 is 0 Å². The molecule has 0 unspecified atom stereocenters. The summed E-state index contributed by atoms with van der Waals surface area (Å²) < 4.78 is 40.3. The Morgan fingerprint density at radius 3 is 2.72 bits per heavy atom. The first-order valence-corrected chi connectivity index (χ1v) is 13.3. The first-order valence-electron chi connectivity index (χ1n) is 11.0. The second kappa shape index (κ2) is 9.90. The van der Waals surface area contributed by atoms with Crippen LogP contribution in [0.2, 0.25) is 5.02 Å². The van der Waals surface area contributed by atoms with Gasteiger partial charge in [-0.1, -0.05) is 11.6 Å². The number of hydrogen-bond donors (Lipinski definition) is 4. The van der Waals surface area contributed by atoms with E-state index in [0.29, 0.717) is 22.9 Å². The van der Waals surface area contributed by atoms with Crippen LogP contribution >= 0.6 is 11.6 Å². The van der Waals surface area contributed by atoms with Gasteiger partial charge >= 0.3 is 6.09 Å². The number of anilines is 2. The third-order valence-electron chi connectivity index (χ3n) is 5.70. The zero-order valence-corrected chi connectivity index (χ0v) is 21.3. The molecule has 3 aromatic rings. The molecule has 1 fully saturated rings. The predicted molar refractivity (Wildman–Crippen MR) is 134 cm³/mol. The maximum Gasteiger partial charge on any atom is 0.407 e. The van der Waals surface area contributed by atoms with Crippen LogP contribution in [-0.4, -0.2) is 70.3 Å². The van der Waals surface area contributed by atoms with E-state index in [1.165, 1.54) is 24.2 Å². The number of halogens is 2. The van der Waals surface area contributed by atoms with Gasteiger partial charge in [0.05, 0.1) is 34.0 Å². The molecule has 1 aliphatic carbocycles. The summed E-state index contributed by atoms with van der Waals surface area (Å²) >= 11 is 6.51. The van der Waals surface area contributed by atoms with Crippen molar-refractivity contribution in [1.29, 1.82) is 0 Å². The standard InChI is InChI=1S/C22H25ClFN7O4S/c1-11(31(2)22(32)33)10-26-21-25-7-6-15(27-21)19-18(28-20(29-19)12-4-5-12)14-8-13(24)9-16(17(14)23)30-36(3,34)35/h6-9,11-12,30H,4-5,10H2,1-3H3,(H,28,29)(H,32,33)(H,25,26,27)/t11-/m1/s1. The van der Waals surface area contributed by atoms with Gasteiger partial charge < -0.3 is 20.3 Å². The molecule has 1 aromatic carbocycles. The Bertz CT molecular complexity index is 1410. The van der Waals surface area contributed by atoms with E-state index in [1.54, 1.807) is 13.0 Å². The maximum absolute atomic E-state index is 14.5. The van der Waals surface area contributed by atoms with Crippen molar-refractivity contribution in [3.05, 3.63) is 41.1 Å². The Morgan fingerprint density at radius 1 is 1.36 bits per heavy atom. The van der Waals surface area contributed by atoms with Crippen LogP contribution < -0.4 is 10.0 Å². The van der Waals surface area contributed by atoms with E-state index in [9.17, 15) is 17.6 Å². The lowest BCUT2D eigenvalue weighted by molar-refractivity contribution is 0.144. The molecule has 0 saturated heterocycles. The molecule has 2 aromatic heterocycles. The van der Waals surface area contributed by atoms with Crippen LogP contribution in [-0.2, 0) is 10.0 Å². The van der Waals surface area contributed by atoms with E-state index in [1.807, 2.05) is 0 Å². The molecule has 1 amide bonds. The quantitative estimate of drug-likeness (QED) is 0.319. The average Bonchev–Trinajstić information content (AvgIpc) is 3.56. The Hall–Kier alpha value is -3.45. The number of H-pyrrole nitrogens is 1. The summed E-state index contributed by atoms with van der Waals surface area (Å²) in [5.74, 6) is 0.494. The van der Waals surface area contributed by atoms with Gasteiger partial charge in [-0.2, -0.15) is 0 Å². The monoisotopic (exact) mass is 537 g/mol. The maximum atomic E-state index is 14.5. The number of imidazole rings is 1. The van der Waals surface area contributed by atoms with Crippen LogP contribution in [0.3, 0.4) is 0 Å². The van der Waals surface area contributed by atoms with E-state index in [0.717, 1.165) is 25.2 Å². The van der Waals surface area contributed by atoms with Crippen molar-refractivity contribution in [3.63, 3.8) is 0 Å². The minimum atomic E-state index is -3.70. The van der Waals surface area contributed by atoms with Crippen LogP contribution in [0.4, 0.5) is 20.8 Å². The SMILES string of the molecule is C[C@H](CNc1nccc(-c2[nH]c(C3CC3)nc2-c2cc(F)cc(NS(C)(=O)=O)c2Cl)n1)N(C)C(=O)O. The highest BCUT2D eigenvalue weighted by molar-refractivity contribution is 7.92. The van der Waals surface area contributed by atoms with Crippen molar-refractivity contribution in [2.45, 2.75) is 31.7 Å². The van der Waals surface area contributed by atoms with Crippen molar-refractivity contribution in [2.75, 3.05) is 29.9 Å². The molecule has 36 heavy (non-hydrogen) atoms. The van der Waals surface area contributed by atoms with Crippen LogP contribution in [0.15, 0.2) is 24.4 Å². The molecule has 0 spiro atoms. The summed E-state index contributed by atoms with van der Waals surface area (Å²) in [6.07, 6.45) is 3.33. The summed E-state index contributed by atoms with van der Waals surface area (Å²) in [4.78, 5) is 29.0. The number of rotatable bonds is 9. The lowest BCUT2D eigenvalue weighted by Crippen LogP contribution is -2.38. The number of amides is 1. The Morgan fingerprint density at radius 2 is 2.08 bits per heavy atom. The molecule has 14 heteroatoms. The molecule has 4 rings (SSSR count). The van der Waals surface area contributed by atoms with Crippen LogP contribution in [0, 0.1) is 5.82 Å². The zero-order chi connectivity index (χ0) is 26.2. The van der Waals surface area contributed by atoms with E-state index < -0.39 is 21.9 Å². The van der Waals surface area contributed by atoms with E-state index in [4.69, 9.17) is 16.7 Å². The minimum absolute atomic E-state index is 0.00476. The van der Waals surface area contributed by atoms with Crippen molar-refractivity contribution < 1.29 is 22.7 Å². The molecular weight excluding hydrogens is 513 g/mol. The van der Waals surface area contributed by atoms with Gasteiger partial charge in [-0.15, -0.1) is 0 Å². The number of hydrogen-bond acceptors (Lipinski definition) is 7. The number of likely N-dealkylation sites (N-methyl/N-ethyl adjacent to an activating group) is 1. The summed E-state index contributed by atoms with van der Waals surface area (Å²) in [6.45, 7) is 2.01. The molecule has 1 atom stereocenters. The number of sulfonamides is 1. The van der Waals surface area contributed by atoms with Gasteiger partial charge in [0.15, 0.2) is 0 Å². The summed E-state index contributed by atoms with van der Waals surface area (Å²) in [6, 6.07) is 3.50. The molecule has 1 aliphatic rings. The summed E-state index contributed by atoms with van der Waals surface area (Å²) in [5.41, 5.74) is 1.33. The van der Waals surface area contributed by atoms with Gasteiger partial charge in [-0.25, -0.2) is 32.6 Å². The fourth-order valence-electron chi connectivity index (χ4n) is 3.51. The third kappa shape index (κ3) is 5.85. The summed E-state index contributed by atoms with van der Waals surface area (Å²) in [5, 5.41) is 12.2. The van der Waals surface area contributed by atoms with Gasteiger partial charge in [0.2, 0.25) is 16.0 Å². The molecule has 192 valence electrons. The highest BCUT2D eigenvalue weighted by Crippen LogP contribution is 2.43. The smallest absolute Gasteiger partial charge is 0.407 e. The molecular formula is C22H25ClFN7O4S. The lowest BCUT2D eigenvalue weighted by atomic mass is 10.1. The largest absolute Gasteiger partial charge is 0.465 e. The van der Waals surface area contributed by atoms with E-state index in [-0.39, 0.29) is 40.7 Å². The van der Waals surface area contributed by atoms with Gasteiger partial charge in [0, 0.05) is 37.3 Å². The van der Waals surface area contributed by atoms with Crippen LogP contribution in [0.1, 0.15) is 31.5 Å². The van der Waals surface area contributed by atoms with Crippen LogP contribution in [0.25, 0.3) is 22.6 Å². The number of carboxylic acid groups (broad SMARTS) is 1. The number of aromatic nitrogens is 4. The fraction of sp³-hybridized carbons (Fsp3) is 0.364. The first kappa shape index (κ1) is 25.6. The lowest BCUT2D eigenvalue weighted by Gasteiger charge is -2.21. The first-order chi connectivity index (χ1) is 16.9. The second-order valence-electron chi connectivity index (χ2n) is 8.70. The number of carbonyl (C=O) groups is 1. The van der Waals surface area contributed by atoms with E-state index in [2.05, 4.69) is 30.0 Å². The van der Waals surface area contributed by atoms with Crippen molar-refractivity contribution in [2.24, 2.45) is 0 Å². The summed E-state index contributed by atoms with van der Waals surface area (Å²) in [7, 11) is -2.23.